The molecule has 0 fully saturated rings. The Morgan fingerprint density at radius 3 is 2.50 bits per heavy atom. The first-order valence-corrected chi connectivity index (χ1v) is 5.75. The number of rotatable bonds is 4. The molecule has 0 saturated heterocycles. The Morgan fingerprint density at radius 2 is 2.14 bits per heavy atom. The summed E-state index contributed by atoms with van der Waals surface area (Å²) in [6, 6.07) is 0. The summed E-state index contributed by atoms with van der Waals surface area (Å²) in [6.07, 6.45) is 1.99. The summed E-state index contributed by atoms with van der Waals surface area (Å²) in [4.78, 5) is 0. The molecular weight excluding hydrogens is 219 g/mol. The van der Waals surface area contributed by atoms with Gasteiger partial charge in [-0.25, -0.2) is 0 Å². The second kappa shape index (κ2) is 5.04. The van der Waals surface area contributed by atoms with Gasteiger partial charge >= 0.3 is 0 Å². The molecule has 0 amide bonds. The maximum atomic E-state index is 6.15. The van der Waals surface area contributed by atoms with E-state index in [4.69, 9.17) is 23.2 Å². The van der Waals surface area contributed by atoms with Gasteiger partial charge in [-0.3, -0.25) is 4.68 Å². The minimum atomic E-state index is 0.490. The van der Waals surface area contributed by atoms with Gasteiger partial charge < -0.3 is 0 Å². The summed E-state index contributed by atoms with van der Waals surface area (Å²) >= 11 is 12.0. The van der Waals surface area contributed by atoms with Crippen molar-refractivity contribution in [2.24, 2.45) is 13.0 Å². The van der Waals surface area contributed by atoms with E-state index in [-0.39, 0.29) is 0 Å². The quantitative estimate of drug-likeness (QED) is 0.733. The summed E-state index contributed by atoms with van der Waals surface area (Å²) in [5, 5.41) is 5.06. The van der Waals surface area contributed by atoms with Gasteiger partial charge in [0.25, 0.3) is 0 Å². The number of aromatic nitrogens is 2. The van der Waals surface area contributed by atoms with Gasteiger partial charge in [0.15, 0.2) is 0 Å². The monoisotopic (exact) mass is 234 g/mol. The zero-order valence-electron chi connectivity index (χ0n) is 8.85. The molecular formula is C10H16Cl2N2. The molecule has 4 heteroatoms. The van der Waals surface area contributed by atoms with Crippen molar-refractivity contribution >= 4 is 23.2 Å². The first-order valence-electron chi connectivity index (χ1n) is 4.84. The first-order chi connectivity index (χ1) is 6.60. The summed E-state index contributed by atoms with van der Waals surface area (Å²) < 4.78 is 1.85. The van der Waals surface area contributed by atoms with Crippen LogP contribution in [-0.2, 0) is 13.5 Å². The van der Waals surface area contributed by atoms with E-state index in [0.29, 0.717) is 11.8 Å². The molecule has 0 saturated carbocycles. The maximum Gasteiger partial charge on any atom is 0.0847 e. The van der Waals surface area contributed by atoms with Crippen molar-refractivity contribution in [1.82, 2.24) is 9.78 Å². The third kappa shape index (κ3) is 2.43. The molecule has 0 aromatic carbocycles. The molecule has 80 valence electrons. The minimum absolute atomic E-state index is 0.490. The predicted molar refractivity (Wildman–Crippen MR) is 61.2 cm³/mol. The van der Waals surface area contributed by atoms with E-state index in [1.54, 1.807) is 0 Å². The second-order valence-electron chi connectivity index (χ2n) is 3.60. The van der Waals surface area contributed by atoms with E-state index in [0.717, 1.165) is 29.3 Å². The van der Waals surface area contributed by atoms with Gasteiger partial charge in [-0.05, 0) is 19.3 Å². The number of hydrogen-bond donors (Lipinski definition) is 0. The summed E-state index contributed by atoms with van der Waals surface area (Å²) in [5.41, 5.74) is 1.99. The number of hydrogen-bond acceptors (Lipinski definition) is 1. The smallest absolute Gasteiger partial charge is 0.0847 e. The highest BCUT2D eigenvalue weighted by molar-refractivity contribution is 6.31. The van der Waals surface area contributed by atoms with Gasteiger partial charge in [0.05, 0.1) is 16.4 Å². The zero-order valence-corrected chi connectivity index (χ0v) is 10.4. The van der Waals surface area contributed by atoms with E-state index in [2.05, 4.69) is 12.0 Å². The molecule has 14 heavy (non-hydrogen) atoms. The zero-order chi connectivity index (χ0) is 10.7. The highest BCUT2D eigenvalue weighted by Crippen LogP contribution is 2.23. The number of halogens is 2. The van der Waals surface area contributed by atoms with Crippen LogP contribution in [0.15, 0.2) is 0 Å². The van der Waals surface area contributed by atoms with Crippen molar-refractivity contribution in [3.8, 4) is 0 Å². The number of aryl methyl sites for hydroxylation is 2. The molecule has 0 aliphatic carbocycles. The first kappa shape index (κ1) is 11.9. The Labute approximate surface area is 95.2 Å². The summed E-state index contributed by atoms with van der Waals surface area (Å²) in [5.74, 6) is 1.17. The fourth-order valence-electron chi connectivity index (χ4n) is 1.48. The maximum absolute atomic E-state index is 6.15. The molecule has 1 heterocycles. The molecule has 1 aromatic rings. The number of alkyl halides is 1. The molecule has 2 nitrogen and oxygen atoms in total. The average Bonchev–Trinajstić information content (AvgIpc) is 2.40. The molecule has 0 spiro atoms. The van der Waals surface area contributed by atoms with Crippen LogP contribution in [-0.4, -0.2) is 15.7 Å². The van der Waals surface area contributed by atoms with Crippen molar-refractivity contribution in [3.63, 3.8) is 0 Å². The van der Waals surface area contributed by atoms with Crippen LogP contribution in [0.3, 0.4) is 0 Å². The largest absolute Gasteiger partial charge is 0.271 e. The minimum Gasteiger partial charge on any atom is -0.271 e. The molecule has 0 N–H and O–H groups in total. The van der Waals surface area contributed by atoms with Gasteiger partial charge in [-0.2, -0.15) is 5.10 Å². The fraction of sp³-hybridized carbons (Fsp3) is 0.700. The normalized spacial score (nSPS) is 13.2. The van der Waals surface area contributed by atoms with Crippen LogP contribution in [0.4, 0.5) is 0 Å². The van der Waals surface area contributed by atoms with Crippen LogP contribution in [0.5, 0.6) is 0 Å². The third-order valence-electron chi connectivity index (χ3n) is 2.54. The van der Waals surface area contributed by atoms with Crippen molar-refractivity contribution in [3.05, 3.63) is 16.4 Å². The molecule has 1 unspecified atom stereocenters. The lowest BCUT2D eigenvalue weighted by Gasteiger charge is -2.11. The Bertz CT molecular complexity index is 303. The highest BCUT2D eigenvalue weighted by atomic mass is 35.5. The highest BCUT2D eigenvalue weighted by Gasteiger charge is 2.15. The van der Waals surface area contributed by atoms with Gasteiger partial charge in [0.2, 0.25) is 0 Å². The van der Waals surface area contributed by atoms with Crippen LogP contribution in [0.1, 0.15) is 24.7 Å². The second-order valence-corrected chi connectivity index (χ2v) is 4.29. The van der Waals surface area contributed by atoms with Gasteiger partial charge in [-0.15, -0.1) is 11.6 Å². The lowest BCUT2D eigenvalue weighted by atomic mass is 10.0. The lowest BCUT2D eigenvalue weighted by molar-refractivity contribution is 0.538. The average molecular weight is 235 g/mol. The standard InChI is InChI=1S/C10H16Cl2N2/c1-4-8(6-11)5-9-10(12)7(2)13-14(9)3/h8H,4-6H2,1-3H3. The van der Waals surface area contributed by atoms with Crippen LogP contribution in [0.2, 0.25) is 5.02 Å². The molecule has 0 aliphatic rings. The molecule has 0 radical (unpaired) electrons. The topological polar surface area (TPSA) is 17.8 Å². The van der Waals surface area contributed by atoms with E-state index in [1.807, 2.05) is 18.7 Å². The van der Waals surface area contributed by atoms with Gasteiger partial charge in [-0.1, -0.05) is 24.9 Å². The van der Waals surface area contributed by atoms with Crippen molar-refractivity contribution < 1.29 is 0 Å². The molecule has 1 rings (SSSR count). The lowest BCUT2D eigenvalue weighted by Crippen LogP contribution is -2.09. The molecule has 0 bridgehead atoms. The predicted octanol–water partition coefficient (Wildman–Crippen LogP) is 3.19. The fourth-order valence-corrected chi connectivity index (χ4v) is 2.05. The Hall–Kier alpha value is -0.210. The summed E-state index contributed by atoms with van der Waals surface area (Å²) in [7, 11) is 1.93. The number of nitrogens with zero attached hydrogens (tertiary/aromatic N) is 2. The molecule has 0 aliphatic heterocycles. The Balaban J connectivity index is 2.84. The molecule has 1 aromatic heterocycles. The van der Waals surface area contributed by atoms with Crippen molar-refractivity contribution in [2.45, 2.75) is 26.7 Å². The summed E-state index contributed by atoms with van der Waals surface area (Å²) in [6.45, 7) is 4.07. The van der Waals surface area contributed by atoms with Crippen LogP contribution < -0.4 is 0 Å². The SMILES string of the molecule is CCC(CCl)Cc1c(Cl)c(C)nn1C. The van der Waals surface area contributed by atoms with Gasteiger partial charge in [0.1, 0.15) is 0 Å². The Kier molecular flexibility index (Phi) is 4.27. The third-order valence-corrected chi connectivity index (χ3v) is 3.47. The van der Waals surface area contributed by atoms with Crippen LogP contribution in [0.25, 0.3) is 0 Å². The van der Waals surface area contributed by atoms with E-state index >= 15 is 0 Å². The van der Waals surface area contributed by atoms with Crippen molar-refractivity contribution in [1.29, 1.82) is 0 Å². The van der Waals surface area contributed by atoms with Crippen LogP contribution in [0, 0.1) is 12.8 Å². The van der Waals surface area contributed by atoms with E-state index in [1.165, 1.54) is 0 Å². The van der Waals surface area contributed by atoms with E-state index in [9.17, 15) is 0 Å². The van der Waals surface area contributed by atoms with Crippen LogP contribution >= 0.6 is 23.2 Å². The van der Waals surface area contributed by atoms with Crippen molar-refractivity contribution in [2.75, 3.05) is 5.88 Å². The Morgan fingerprint density at radius 1 is 1.50 bits per heavy atom. The molecule has 1 atom stereocenters. The van der Waals surface area contributed by atoms with E-state index < -0.39 is 0 Å². The van der Waals surface area contributed by atoms with Gasteiger partial charge in [0, 0.05) is 12.9 Å².